The molecule has 6 nitrogen and oxygen atoms in total. The van der Waals surface area contributed by atoms with E-state index < -0.39 is 16.4 Å². The van der Waals surface area contributed by atoms with Crippen molar-refractivity contribution in [1.82, 2.24) is 0 Å². The minimum atomic E-state index is -0.693. The first-order valence-corrected chi connectivity index (χ1v) is 7.63. The number of aryl methyl sites for hydroxylation is 2. The number of nitro benzene ring substituents is 1. The number of phenolic OH excluding ortho intramolecular Hbond substituents is 1. The summed E-state index contributed by atoms with van der Waals surface area (Å²) in [6, 6.07) is 8.41. The van der Waals surface area contributed by atoms with E-state index >= 15 is 0 Å². The SMILES string of the molecule is Cc1ccc(OCCN=Cc2cc(Cl)cc([N+](=O)[O-])c2O)c(C)c1. The van der Waals surface area contributed by atoms with Gasteiger partial charge in [0, 0.05) is 22.9 Å². The number of aliphatic imine (C=N–C) groups is 1. The van der Waals surface area contributed by atoms with E-state index in [9.17, 15) is 15.2 Å². The van der Waals surface area contributed by atoms with E-state index in [0.29, 0.717) is 13.2 Å². The molecule has 24 heavy (non-hydrogen) atoms. The van der Waals surface area contributed by atoms with Gasteiger partial charge in [-0.1, -0.05) is 29.3 Å². The molecule has 0 atom stereocenters. The van der Waals surface area contributed by atoms with Gasteiger partial charge < -0.3 is 9.84 Å². The molecule has 2 rings (SSSR count). The zero-order valence-electron chi connectivity index (χ0n) is 13.3. The van der Waals surface area contributed by atoms with Gasteiger partial charge in [0.25, 0.3) is 0 Å². The summed E-state index contributed by atoms with van der Waals surface area (Å²) in [5, 5.41) is 20.9. The number of nitrogens with zero attached hydrogens (tertiary/aromatic N) is 2. The summed E-state index contributed by atoms with van der Waals surface area (Å²) in [5.41, 5.74) is 1.95. The van der Waals surface area contributed by atoms with E-state index in [0.717, 1.165) is 22.9 Å². The number of halogens is 1. The Balaban J connectivity index is 1.98. The zero-order chi connectivity index (χ0) is 17.7. The number of hydrogen-bond acceptors (Lipinski definition) is 5. The van der Waals surface area contributed by atoms with Crippen LogP contribution in [0.2, 0.25) is 5.02 Å². The fourth-order valence-corrected chi connectivity index (χ4v) is 2.40. The summed E-state index contributed by atoms with van der Waals surface area (Å²) in [6.45, 7) is 4.67. The molecule has 0 saturated heterocycles. The normalized spacial score (nSPS) is 11.0. The molecule has 0 aromatic heterocycles. The second kappa shape index (κ2) is 7.79. The van der Waals surface area contributed by atoms with Crippen LogP contribution in [-0.4, -0.2) is 29.4 Å². The number of phenols is 1. The molecule has 2 aromatic rings. The Kier molecular flexibility index (Phi) is 5.76. The van der Waals surface area contributed by atoms with Gasteiger partial charge in [-0.05, 0) is 31.5 Å². The van der Waals surface area contributed by atoms with Gasteiger partial charge in [0.1, 0.15) is 12.4 Å². The lowest BCUT2D eigenvalue weighted by Crippen LogP contribution is -2.03. The smallest absolute Gasteiger partial charge is 0.312 e. The highest BCUT2D eigenvalue weighted by Crippen LogP contribution is 2.32. The number of aromatic hydroxyl groups is 1. The maximum absolute atomic E-state index is 10.8. The van der Waals surface area contributed by atoms with Crippen LogP contribution in [0.5, 0.6) is 11.5 Å². The van der Waals surface area contributed by atoms with Crippen molar-refractivity contribution in [2.75, 3.05) is 13.2 Å². The van der Waals surface area contributed by atoms with Crippen molar-refractivity contribution in [2.45, 2.75) is 13.8 Å². The topological polar surface area (TPSA) is 85.0 Å². The molecule has 1 N–H and O–H groups in total. The van der Waals surface area contributed by atoms with Crippen LogP contribution in [0.15, 0.2) is 35.3 Å². The molecule has 0 saturated carbocycles. The Labute approximate surface area is 144 Å². The molecule has 0 aliphatic carbocycles. The first-order chi connectivity index (χ1) is 11.4. The van der Waals surface area contributed by atoms with E-state index in [1.54, 1.807) is 0 Å². The summed E-state index contributed by atoms with van der Waals surface area (Å²) in [4.78, 5) is 14.3. The summed E-state index contributed by atoms with van der Waals surface area (Å²) in [6.07, 6.45) is 1.35. The predicted molar refractivity (Wildman–Crippen MR) is 93.6 cm³/mol. The first-order valence-electron chi connectivity index (χ1n) is 7.25. The Morgan fingerprint density at radius 1 is 1.33 bits per heavy atom. The number of hydrogen-bond donors (Lipinski definition) is 1. The molecule has 2 aromatic carbocycles. The van der Waals surface area contributed by atoms with E-state index in [-0.39, 0.29) is 10.6 Å². The lowest BCUT2D eigenvalue weighted by Gasteiger charge is -2.08. The van der Waals surface area contributed by atoms with Gasteiger partial charge in [-0.25, -0.2) is 0 Å². The average molecular weight is 349 g/mol. The van der Waals surface area contributed by atoms with Crippen molar-refractivity contribution < 1.29 is 14.8 Å². The van der Waals surface area contributed by atoms with Crippen molar-refractivity contribution in [1.29, 1.82) is 0 Å². The van der Waals surface area contributed by atoms with Crippen LogP contribution in [0.25, 0.3) is 0 Å². The minimum Gasteiger partial charge on any atom is -0.502 e. The van der Waals surface area contributed by atoms with Gasteiger partial charge in [0.15, 0.2) is 0 Å². The molecule has 0 spiro atoms. The monoisotopic (exact) mass is 348 g/mol. The number of benzene rings is 2. The highest BCUT2D eigenvalue weighted by Gasteiger charge is 2.17. The largest absolute Gasteiger partial charge is 0.502 e. The molecular formula is C17H17ClN2O4. The molecule has 0 radical (unpaired) electrons. The molecule has 0 bridgehead atoms. The molecule has 7 heteroatoms. The van der Waals surface area contributed by atoms with Gasteiger partial charge >= 0.3 is 5.69 Å². The molecule has 126 valence electrons. The number of rotatable bonds is 6. The molecule has 0 aliphatic rings. The third-order valence-electron chi connectivity index (χ3n) is 3.32. The highest BCUT2D eigenvalue weighted by atomic mass is 35.5. The van der Waals surface area contributed by atoms with Crippen molar-refractivity contribution in [2.24, 2.45) is 4.99 Å². The van der Waals surface area contributed by atoms with Gasteiger partial charge in [-0.15, -0.1) is 0 Å². The van der Waals surface area contributed by atoms with Crippen LogP contribution in [0.3, 0.4) is 0 Å². The van der Waals surface area contributed by atoms with Crippen LogP contribution in [0.1, 0.15) is 16.7 Å². The third-order valence-corrected chi connectivity index (χ3v) is 3.54. The van der Waals surface area contributed by atoms with E-state index in [1.807, 2.05) is 32.0 Å². The predicted octanol–water partition coefficient (Wildman–Crippen LogP) is 4.07. The summed E-state index contributed by atoms with van der Waals surface area (Å²) in [7, 11) is 0. The quantitative estimate of drug-likeness (QED) is 0.369. The molecule has 0 heterocycles. The maximum Gasteiger partial charge on any atom is 0.312 e. The fraction of sp³-hybridized carbons (Fsp3) is 0.235. The van der Waals surface area contributed by atoms with E-state index in [1.165, 1.54) is 12.3 Å². The molecule has 0 fully saturated rings. The second-order valence-electron chi connectivity index (χ2n) is 5.27. The Morgan fingerprint density at radius 3 is 2.75 bits per heavy atom. The Hall–Kier alpha value is -2.60. The van der Waals surface area contributed by atoms with Crippen LogP contribution in [-0.2, 0) is 0 Å². The van der Waals surface area contributed by atoms with Crippen molar-refractivity contribution in [3.63, 3.8) is 0 Å². The number of nitro groups is 1. The van der Waals surface area contributed by atoms with Gasteiger partial charge in [0.05, 0.1) is 11.5 Å². The van der Waals surface area contributed by atoms with Crippen LogP contribution < -0.4 is 4.74 Å². The van der Waals surface area contributed by atoms with Crippen molar-refractivity contribution in [3.8, 4) is 11.5 Å². The lowest BCUT2D eigenvalue weighted by atomic mass is 10.1. The third kappa shape index (κ3) is 4.45. The van der Waals surface area contributed by atoms with Gasteiger partial charge in [0.2, 0.25) is 5.75 Å². The van der Waals surface area contributed by atoms with Crippen LogP contribution in [0.4, 0.5) is 5.69 Å². The van der Waals surface area contributed by atoms with Crippen molar-refractivity contribution in [3.05, 3.63) is 62.2 Å². The van der Waals surface area contributed by atoms with E-state index in [2.05, 4.69) is 4.99 Å². The van der Waals surface area contributed by atoms with E-state index in [4.69, 9.17) is 16.3 Å². The van der Waals surface area contributed by atoms with Gasteiger partial charge in [-0.3, -0.25) is 15.1 Å². The Morgan fingerprint density at radius 2 is 2.08 bits per heavy atom. The molecular weight excluding hydrogens is 332 g/mol. The summed E-state index contributed by atoms with van der Waals surface area (Å²) in [5.74, 6) is 0.334. The maximum atomic E-state index is 10.8. The van der Waals surface area contributed by atoms with Crippen LogP contribution in [0, 0.1) is 24.0 Å². The zero-order valence-corrected chi connectivity index (χ0v) is 14.1. The first kappa shape index (κ1) is 17.7. The summed E-state index contributed by atoms with van der Waals surface area (Å²) < 4.78 is 5.64. The minimum absolute atomic E-state index is 0.160. The van der Waals surface area contributed by atoms with Crippen LogP contribution >= 0.6 is 11.6 Å². The summed E-state index contributed by atoms with van der Waals surface area (Å²) >= 11 is 5.81. The Bertz CT molecular complexity index is 790. The molecule has 0 amide bonds. The number of ether oxygens (including phenoxy) is 1. The lowest BCUT2D eigenvalue weighted by molar-refractivity contribution is -0.385. The average Bonchev–Trinajstić information content (AvgIpc) is 2.51. The standard InChI is InChI=1S/C17H17ClN2O4/c1-11-3-4-16(12(2)7-11)24-6-5-19-10-13-8-14(18)9-15(17(13)21)20(22)23/h3-4,7-10,21H,5-6H2,1-2H3. The fourth-order valence-electron chi connectivity index (χ4n) is 2.18. The van der Waals surface area contributed by atoms with Crippen molar-refractivity contribution >= 4 is 23.5 Å². The molecule has 0 unspecified atom stereocenters. The second-order valence-corrected chi connectivity index (χ2v) is 5.71. The highest BCUT2D eigenvalue weighted by molar-refractivity contribution is 6.31. The van der Waals surface area contributed by atoms with Gasteiger partial charge in [-0.2, -0.15) is 0 Å². The molecule has 0 aliphatic heterocycles.